The molecule has 17 heavy (non-hydrogen) atoms. The number of aromatic nitrogens is 4. The average Bonchev–Trinajstić information content (AvgIpc) is 2.89. The Bertz CT molecular complexity index is 480. The van der Waals surface area contributed by atoms with Crippen LogP contribution in [0.1, 0.15) is 21.7 Å². The van der Waals surface area contributed by atoms with Crippen LogP contribution in [0.15, 0.2) is 18.7 Å². The van der Waals surface area contributed by atoms with Gasteiger partial charge in [0.1, 0.15) is 0 Å². The van der Waals surface area contributed by atoms with Crippen molar-refractivity contribution in [3.63, 3.8) is 0 Å². The molecule has 2 aromatic heterocycles. The van der Waals surface area contributed by atoms with Crippen LogP contribution in [0.3, 0.4) is 0 Å². The number of hydrogen-bond donors (Lipinski definition) is 2. The molecule has 0 spiro atoms. The number of aryl methyl sites for hydroxylation is 2. The van der Waals surface area contributed by atoms with E-state index >= 15 is 0 Å². The van der Waals surface area contributed by atoms with Gasteiger partial charge in [0.15, 0.2) is 0 Å². The monoisotopic (exact) mass is 233 g/mol. The summed E-state index contributed by atoms with van der Waals surface area (Å²) in [7, 11) is 0. The van der Waals surface area contributed by atoms with Gasteiger partial charge in [0.05, 0.1) is 17.6 Å². The molecule has 1 amide bonds. The molecule has 0 bridgehead atoms. The first kappa shape index (κ1) is 11.4. The molecule has 0 saturated heterocycles. The standard InChI is InChI=1S/C11H15N5O/c1-8-10(9(2)15-14-8)11(17)13-4-6-16-5-3-12-7-16/h3,5,7H,4,6H2,1-2H3,(H,13,17)(H,14,15). The van der Waals surface area contributed by atoms with Crippen molar-refractivity contribution in [2.24, 2.45) is 0 Å². The molecule has 0 fully saturated rings. The summed E-state index contributed by atoms with van der Waals surface area (Å²) in [6.07, 6.45) is 5.30. The molecule has 0 atom stereocenters. The molecule has 90 valence electrons. The van der Waals surface area contributed by atoms with Gasteiger partial charge in [-0.15, -0.1) is 0 Å². The maximum Gasteiger partial charge on any atom is 0.255 e. The molecule has 0 radical (unpaired) electrons. The molecule has 2 rings (SSSR count). The lowest BCUT2D eigenvalue weighted by atomic mass is 10.2. The van der Waals surface area contributed by atoms with E-state index in [2.05, 4.69) is 20.5 Å². The van der Waals surface area contributed by atoms with E-state index in [1.807, 2.05) is 24.6 Å². The smallest absolute Gasteiger partial charge is 0.255 e. The summed E-state index contributed by atoms with van der Waals surface area (Å²) >= 11 is 0. The lowest BCUT2D eigenvalue weighted by molar-refractivity contribution is 0.0951. The lowest BCUT2D eigenvalue weighted by Gasteiger charge is -2.05. The summed E-state index contributed by atoms with van der Waals surface area (Å²) in [6.45, 7) is 4.93. The maximum atomic E-state index is 11.9. The number of aromatic amines is 1. The van der Waals surface area contributed by atoms with Gasteiger partial charge in [-0.25, -0.2) is 4.98 Å². The Kier molecular flexibility index (Phi) is 3.22. The zero-order chi connectivity index (χ0) is 12.3. The maximum absolute atomic E-state index is 11.9. The van der Waals surface area contributed by atoms with Crippen LogP contribution in [0.5, 0.6) is 0 Å². The lowest BCUT2D eigenvalue weighted by Crippen LogP contribution is -2.27. The highest BCUT2D eigenvalue weighted by Gasteiger charge is 2.14. The number of H-pyrrole nitrogens is 1. The van der Waals surface area contributed by atoms with Gasteiger partial charge in [-0.1, -0.05) is 0 Å². The second-order valence-corrected chi connectivity index (χ2v) is 3.87. The van der Waals surface area contributed by atoms with Crippen molar-refractivity contribution >= 4 is 5.91 Å². The third kappa shape index (κ3) is 2.52. The minimum Gasteiger partial charge on any atom is -0.350 e. The zero-order valence-corrected chi connectivity index (χ0v) is 9.90. The van der Waals surface area contributed by atoms with Gasteiger partial charge in [-0.2, -0.15) is 5.10 Å². The number of carbonyl (C=O) groups is 1. The topological polar surface area (TPSA) is 75.6 Å². The minimum absolute atomic E-state index is 0.0890. The second kappa shape index (κ2) is 4.82. The predicted molar refractivity (Wildman–Crippen MR) is 62.6 cm³/mol. The number of hydrogen-bond acceptors (Lipinski definition) is 3. The molecule has 0 aliphatic rings. The molecular weight excluding hydrogens is 218 g/mol. The molecule has 2 aromatic rings. The molecule has 6 heteroatoms. The summed E-state index contributed by atoms with van der Waals surface area (Å²) < 4.78 is 1.91. The van der Waals surface area contributed by atoms with Crippen LogP contribution in [-0.2, 0) is 6.54 Å². The highest BCUT2D eigenvalue weighted by Crippen LogP contribution is 2.08. The third-order valence-electron chi connectivity index (χ3n) is 2.57. The van der Waals surface area contributed by atoms with Crippen molar-refractivity contribution in [3.8, 4) is 0 Å². The minimum atomic E-state index is -0.0890. The van der Waals surface area contributed by atoms with E-state index in [1.54, 1.807) is 12.5 Å². The van der Waals surface area contributed by atoms with Crippen LogP contribution in [0.4, 0.5) is 0 Å². The van der Waals surface area contributed by atoms with E-state index in [-0.39, 0.29) is 5.91 Å². The fourth-order valence-electron chi connectivity index (χ4n) is 1.69. The summed E-state index contributed by atoms with van der Waals surface area (Å²) in [5.41, 5.74) is 2.15. The fourth-order valence-corrected chi connectivity index (χ4v) is 1.69. The Morgan fingerprint density at radius 1 is 1.53 bits per heavy atom. The van der Waals surface area contributed by atoms with Crippen LogP contribution in [0, 0.1) is 13.8 Å². The number of imidazole rings is 1. The molecule has 0 unspecified atom stereocenters. The summed E-state index contributed by atoms with van der Waals surface area (Å²) in [4.78, 5) is 15.8. The number of carbonyl (C=O) groups excluding carboxylic acids is 1. The first-order chi connectivity index (χ1) is 8.18. The molecule has 0 aromatic carbocycles. The Morgan fingerprint density at radius 3 is 2.94 bits per heavy atom. The van der Waals surface area contributed by atoms with Crippen LogP contribution in [0.25, 0.3) is 0 Å². The van der Waals surface area contributed by atoms with E-state index in [1.165, 1.54) is 0 Å². The van der Waals surface area contributed by atoms with Crippen molar-refractivity contribution in [2.45, 2.75) is 20.4 Å². The molecule has 0 aliphatic heterocycles. The number of amides is 1. The summed E-state index contributed by atoms with van der Waals surface area (Å²) in [5.74, 6) is -0.0890. The van der Waals surface area contributed by atoms with E-state index < -0.39 is 0 Å². The van der Waals surface area contributed by atoms with E-state index in [4.69, 9.17) is 0 Å². The van der Waals surface area contributed by atoms with E-state index in [0.29, 0.717) is 18.7 Å². The molecular formula is C11H15N5O. The number of rotatable bonds is 4. The Morgan fingerprint density at radius 2 is 2.35 bits per heavy atom. The Balaban J connectivity index is 1.90. The van der Waals surface area contributed by atoms with E-state index in [0.717, 1.165) is 11.4 Å². The Hall–Kier alpha value is -2.11. The fraction of sp³-hybridized carbons (Fsp3) is 0.364. The first-order valence-corrected chi connectivity index (χ1v) is 5.44. The van der Waals surface area contributed by atoms with Crippen LogP contribution in [-0.4, -0.2) is 32.2 Å². The average molecular weight is 233 g/mol. The van der Waals surface area contributed by atoms with Gasteiger partial charge < -0.3 is 9.88 Å². The van der Waals surface area contributed by atoms with Crippen molar-refractivity contribution < 1.29 is 4.79 Å². The van der Waals surface area contributed by atoms with Gasteiger partial charge in [0, 0.05) is 31.2 Å². The van der Waals surface area contributed by atoms with Crippen molar-refractivity contribution in [3.05, 3.63) is 35.7 Å². The van der Waals surface area contributed by atoms with Crippen molar-refractivity contribution in [1.82, 2.24) is 25.1 Å². The summed E-state index contributed by atoms with van der Waals surface area (Å²) in [6, 6.07) is 0. The molecule has 2 N–H and O–H groups in total. The van der Waals surface area contributed by atoms with Gasteiger partial charge in [-0.05, 0) is 13.8 Å². The van der Waals surface area contributed by atoms with Crippen molar-refractivity contribution in [2.75, 3.05) is 6.54 Å². The molecule has 0 saturated carbocycles. The largest absolute Gasteiger partial charge is 0.350 e. The van der Waals surface area contributed by atoms with Gasteiger partial charge in [0.25, 0.3) is 5.91 Å². The van der Waals surface area contributed by atoms with Crippen LogP contribution in [0.2, 0.25) is 0 Å². The number of nitrogens with zero attached hydrogens (tertiary/aromatic N) is 3. The molecule has 6 nitrogen and oxygen atoms in total. The van der Waals surface area contributed by atoms with Crippen LogP contribution >= 0.6 is 0 Å². The van der Waals surface area contributed by atoms with Crippen molar-refractivity contribution in [1.29, 1.82) is 0 Å². The normalized spacial score (nSPS) is 10.5. The quantitative estimate of drug-likeness (QED) is 0.814. The first-order valence-electron chi connectivity index (χ1n) is 5.44. The molecule has 0 aliphatic carbocycles. The van der Waals surface area contributed by atoms with Gasteiger partial charge in [-0.3, -0.25) is 9.89 Å². The molecule has 2 heterocycles. The SMILES string of the molecule is Cc1n[nH]c(C)c1C(=O)NCCn1ccnc1. The highest BCUT2D eigenvalue weighted by atomic mass is 16.1. The van der Waals surface area contributed by atoms with Gasteiger partial charge in [0.2, 0.25) is 0 Å². The van der Waals surface area contributed by atoms with E-state index in [9.17, 15) is 4.79 Å². The predicted octanol–water partition coefficient (Wildman–Crippen LogP) is 0.653. The van der Waals surface area contributed by atoms with Crippen LogP contribution < -0.4 is 5.32 Å². The zero-order valence-electron chi connectivity index (χ0n) is 9.90. The summed E-state index contributed by atoms with van der Waals surface area (Å²) in [5, 5.41) is 9.65. The highest BCUT2D eigenvalue weighted by molar-refractivity contribution is 5.96. The Labute approximate surface area is 99.1 Å². The third-order valence-corrected chi connectivity index (χ3v) is 2.57. The second-order valence-electron chi connectivity index (χ2n) is 3.87. The number of nitrogens with one attached hydrogen (secondary N) is 2. The van der Waals surface area contributed by atoms with Gasteiger partial charge >= 0.3 is 0 Å².